The third-order valence-corrected chi connectivity index (χ3v) is 8.07. The van der Waals surface area contributed by atoms with Gasteiger partial charge in [0.05, 0.1) is 15.7 Å². The average Bonchev–Trinajstić information content (AvgIpc) is 3.54. The number of benzene rings is 4. The van der Waals surface area contributed by atoms with E-state index in [1.54, 1.807) is 11.3 Å². The molecule has 0 aliphatic carbocycles. The molecule has 4 aromatic heterocycles. The van der Waals surface area contributed by atoms with Crippen LogP contribution in [0.2, 0.25) is 0 Å². The van der Waals surface area contributed by atoms with E-state index in [2.05, 4.69) is 52.0 Å². The van der Waals surface area contributed by atoms with Crippen molar-refractivity contribution in [1.82, 2.24) is 24.5 Å². The van der Waals surface area contributed by atoms with E-state index in [-0.39, 0.29) is 0 Å². The molecular formula is C32H19N5S. The summed E-state index contributed by atoms with van der Waals surface area (Å²) in [5.41, 5.74) is 4.05. The molecule has 0 bridgehead atoms. The molecule has 0 radical (unpaired) electrons. The fraction of sp³-hybridized carbons (Fsp3) is 0. The number of aromatic nitrogens is 5. The van der Waals surface area contributed by atoms with E-state index in [1.165, 1.54) is 15.5 Å². The highest BCUT2D eigenvalue weighted by Gasteiger charge is 2.21. The first kappa shape index (κ1) is 21.2. The zero-order valence-corrected chi connectivity index (χ0v) is 20.9. The van der Waals surface area contributed by atoms with Gasteiger partial charge in [-0.1, -0.05) is 91.0 Å². The van der Waals surface area contributed by atoms with Crippen LogP contribution in [0.25, 0.3) is 70.8 Å². The minimum atomic E-state index is 0.599. The lowest BCUT2D eigenvalue weighted by molar-refractivity contribution is 0.955. The number of pyridine rings is 1. The first-order valence-corrected chi connectivity index (χ1v) is 13.2. The fourth-order valence-electron chi connectivity index (χ4n) is 5.22. The highest BCUT2D eigenvalue weighted by molar-refractivity contribution is 7.26. The summed E-state index contributed by atoms with van der Waals surface area (Å²) in [6.45, 7) is 0. The Balaban J connectivity index is 1.53. The molecule has 8 aromatic rings. The number of para-hydroxylation sites is 1. The van der Waals surface area contributed by atoms with Crippen LogP contribution in [0.3, 0.4) is 0 Å². The van der Waals surface area contributed by atoms with Gasteiger partial charge >= 0.3 is 0 Å². The van der Waals surface area contributed by atoms with Crippen molar-refractivity contribution >= 4 is 53.4 Å². The molecule has 0 atom stereocenters. The van der Waals surface area contributed by atoms with Gasteiger partial charge in [0, 0.05) is 38.9 Å². The Morgan fingerprint density at radius 1 is 0.526 bits per heavy atom. The highest BCUT2D eigenvalue weighted by atomic mass is 32.1. The van der Waals surface area contributed by atoms with E-state index in [4.69, 9.17) is 15.0 Å². The standard InChI is InChI=1S/C32H19N5S/c1-3-10-20(11-4-1)29-34-30(21-12-5-2-6-13-21)36-32(35-29)37-26-16-8-7-14-22(26)23-17-18-24-25-15-9-19-33-31(25)38-28(24)27(23)37/h1-19H. The fourth-order valence-corrected chi connectivity index (χ4v) is 6.40. The molecule has 0 fully saturated rings. The Kier molecular flexibility index (Phi) is 4.62. The normalized spacial score (nSPS) is 11.7. The molecule has 4 aromatic carbocycles. The van der Waals surface area contributed by atoms with Gasteiger partial charge in [0.2, 0.25) is 5.95 Å². The molecule has 0 spiro atoms. The van der Waals surface area contributed by atoms with E-state index >= 15 is 0 Å². The van der Waals surface area contributed by atoms with Crippen LogP contribution < -0.4 is 0 Å². The zero-order chi connectivity index (χ0) is 25.1. The van der Waals surface area contributed by atoms with Gasteiger partial charge in [-0.3, -0.25) is 4.57 Å². The maximum atomic E-state index is 5.06. The van der Waals surface area contributed by atoms with Crippen LogP contribution >= 0.6 is 11.3 Å². The van der Waals surface area contributed by atoms with Gasteiger partial charge < -0.3 is 0 Å². The number of rotatable bonds is 3. The smallest absolute Gasteiger partial charge is 0.238 e. The molecule has 6 heteroatoms. The first-order valence-electron chi connectivity index (χ1n) is 12.4. The van der Waals surface area contributed by atoms with Crippen LogP contribution in [0.1, 0.15) is 0 Å². The van der Waals surface area contributed by atoms with E-state index in [1.807, 2.05) is 72.9 Å². The Bertz CT molecular complexity index is 2070. The van der Waals surface area contributed by atoms with Crippen LogP contribution in [-0.4, -0.2) is 24.5 Å². The third-order valence-electron chi connectivity index (χ3n) is 6.94. The Morgan fingerprint density at radius 2 is 1.16 bits per heavy atom. The van der Waals surface area contributed by atoms with Crippen molar-refractivity contribution in [2.24, 2.45) is 0 Å². The van der Waals surface area contributed by atoms with Crippen molar-refractivity contribution in [3.05, 3.63) is 115 Å². The van der Waals surface area contributed by atoms with Gasteiger partial charge in [-0.05, 0) is 18.2 Å². The Hall–Kier alpha value is -4.94. The lowest BCUT2D eigenvalue weighted by Crippen LogP contribution is -2.06. The summed E-state index contributed by atoms with van der Waals surface area (Å²) < 4.78 is 3.37. The Labute approximate surface area is 221 Å². The molecule has 178 valence electrons. The molecule has 0 saturated carbocycles. The van der Waals surface area contributed by atoms with Gasteiger partial charge in [-0.25, -0.2) is 9.97 Å². The topological polar surface area (TPSA) is 56.5 Å². The van der Waals surface area contributed by atoms with Crippen LogP contribution in [0.15, 0.2) is 115 Å². The third kappa shape index (κ3) is 3.17. The number of nitrogens with zero attached hydrogens (tertiary/aromatic N) is 5. The van der Waals surface area contributed by atoms with Gasteiger partial charge in [0.1, 0.15) is 4.83 Å². The molecule has 8 rings (SSSR count). The van der Waals surface area contributed by atoms with Crippen molar-refractivity contribution in [2.45, 2.75) is 0 Å². The van der Waals surface area contributed by atoms with Crippen molar-refractivity contribution in [3.8, 4) is 28.7 Å². The number of fused-ring (bicyclic) bond motifs is 7. The molecule has 0 aliphatic heterocycles. The predicted octanol–water partition coefficient (Wildman–Crippen LogP) is 8.07. The minimum Gasteiger partial charge on any atom is -0.276 e. The summed E-state index contributed by atoms with van der Waals surface area (Å²) in [7, 11) is 0. The molecule has 0 unspecified atom stereocenters. The highest BCUT2D eigenvalue weighted by Crippen LogP contribution is 2.42. The lowest BCUT2D eigenvalue weighted by Gasteiger charge is -2.11. The summed E-state index contributed by atoms with van der Waals surface area (Å²) in [6.07, 6.45) is 1.86. The van der Waals surface area contributed by atoms with Crippen LogP contribution in [0, 0.1) is 0 Å². The molecule has 5 nitrogen and oxygen atoms in total. The lowest BCUT2D eigenvalue weighted by atomic mass is 10.1. The zero-order valence-electron chi connectivity index (χ0n) is 20.1. The molecule has 0 aliphatic rings. The summed E-state index contributed by atoms with van der Waals surface area (Å²) in [5.74, 6) is 1.89. The summed E-state index contributed by atoms with van der Waals surface area (Å²) in [6, 6.07) is 37.2. The predicted molar refractivity (Wildman–Crippen MR) is 156 cm³/mol. The minimum absolute atomic E-state index is 0.599. The second-order valence-electron chi connectivity index (χ2n) is 9.16. The molecule has 38 heavy (non-hydrogen) atoms. The summed E-state index contributed by atoms with van der Waals surface area (Å²) in [5, 5.41) is 4.69. The van der Waals surface area contributed by atoms with Crippen LogP contribution in [0.4, 0.5) is 0 Å². The van der Waals surface area contributed by atoms with Gasteiger partial charge in [-0.15, -0.1) is 11.3 Å². The summed E-state index contributed by atoms with van der Waals surface area (Å²) >= 11 is 1.71. The van der Waals surface area contributed by atoms with Gasteiger partial charge in [0.25, 0.3) is 0 Å². The van der Waals surface area contributed by atoms with E-state index in [0.717, 1.165) is 37.8 Å². The summed E-state index contributed by atoms with van der Waals surface area (Å²) in [4.78, 5) is 20.7. The maximum absolute atomic E-state index is 5.06. The van der Waals surface area contributed by atoms with E-state index < -0.39 is 0 Å². The molecule has 0 amide bonds. The monoisotopic (exact) mass is 505 g/mol. The number of thiophene rings is 1. The van der Waals surface area contributed by atoms with Gasteiger partial charge in [-0.2, -0.15) is 9.97 Å². The quantitative estimate of drug-likeness (QED) is 0.244. The second-order valence-corrected chi connectivity index (χ2v) is 10.2. The first-order chi connectivity index (χ1) is 18.8. The Morgan fingerprint density at radius 3 is 1.89 bits per heavy atom. The SMILES string of the molecule is c1ccc(-c2nc(-c3ccccc3)nc(-n3c4ccccc4c4ccc5c6cccnc6sc5c43)n2)cc1. The van der Waals surface area contributed by atoms with Crippen molar-refractivity contribution in [1.29, 1.82) is 0 Å². The second kappa shape index (κ2) is 8.30. The number of hydrogen-bond acceptors (Lipinski definition) is 5. The van der Waals surface area contributed by atoms with Crippen molar-refractivity contribution < 1.29 is 0 Å². The van der Waals surface area contributed by atoms with Crippen LogP contribution in [-0.2, 0) is 0 Å². The molecule has 0 N–H and O–H groups in total. The van der Waals surface area contributed by atoms with Crippen molar-refractivity contribution in [2.75, 3.05) is 0 Å². The average molecular weight is 506 g/mol. The molecule has 4 heterocycles. The largest absolute Gasteiger partial charge is 0.276 e. The van der Waals surface area contributed by atoms with Crippen molar-refractivity contribution in [3.63, 3.8) is 0 Å². The van der Waals surface area contributed by atoms with Crippen LogP contribution in [0.5, 0.6) is 0 Å². The molecular weight excluding hydrogens is 486 g/mol. The van der Waals surface area contributed by atoms with E-state index in [9.17, 15) is 0 Å². The van der Waals surface area contributed by atoms with Gasteiger partial charge in [0.15, 0.2) is 11.6 Å². The number of hydrogen-bond donors (Lipinski definition) is 0. The maximum Gasteiger partial charge on any atom is 0.238 e. The molecule has 0 saturated heterocycles. The van der Waals surface area contributed by atoms with E-state index in [0.29, 0.717) is 17.6 Å².